The van der Waals surface area contributed by atoms with Crippen LogP contribution in [0.1, 0.15) is 32.4 Å². The van der Waals surface area contributed by atoms with Gasteiger partial charge in [-0.15, -0.1) is 0 Å². The summed E-state index contributed by atoms with van der Waals surface area (Å²) in [6.07, 6.45) is 0.623. The minimum Gasteiger partial charge on any atom is -0.453 e. The topological polar surface area (TPSA) is 78.9 Å². The average Bonchev–Trinajstić information content (AvgIpc) is 2.35. The number of carbonyl (C=O) groups excluding carboxylic acids is 3. The second kappa shape index (κ2) is 7.23. The first kappa shape index (κ1) is 16.4. The summed E-state index contributed by atoms with van der Waals surface area (Å²) in [5.74, 6) is -1.21. The van der Waals surface area contributed by atoms with Crippen molar-refractivity contribution in [2.75, 3.05) is 0 Å². The van der Waals surface area contributed by atoms with Crippen LogP contribution in [0.25, 0.3) is 0 Å². The molecule has 0 saturated carbocycles. The van der Waals surface area contributed by atoms with Crippen LogP contribution < -0.4 is 9.47 Å². The molecule has 0 radical (unpaired) electrons. The van der Waals surface area contributed by atoms with E-state index in [9.17, 15) is 14.4 Å². The predicted octanol–water partition coefficient (Wildman–Crippen LogP) is 2.33. The minimum absolute atomic E-state index is 0.132. The zero-order valence-electron chi connectivity index (χ0n) is 12.0. The molecule has 0 aliphatic heterocycles. The number of hydrogen-bond acceptors (Lipinski definition) is 6. The summed E-state index contributed by atoms with van der Waals surface area (Å²) in [6.45, 7) is 7.33. The van der Waals surface area contributed by atoms with E-state index in [1.165, 1.54) is 45.0 Å². The summed E-state index contributed by atoms with van der Waals surface area (Å²) in [7, 11) is 0. The van der Waals surface area contributed by atoms with Crippen molar-refractivity contribution in [2.24, 2.45) is 0 Å². The molecule has 0 unspecified atom stereocenters. The van der Waals surface area contributed by atoms with Gasteiger partial charge in [-0.05, 0) is 18.2 Å². The Labute approximate surface area is 122 Å². The van der Waals surface area contributed by atoms with Gasteiger partial charge in [-0.1, -0.05) is 6.58 Å². The largest absolute Gasteiger partial charge is 0.453 e. The van der Waals surface area contributed by atoms with E-state index in [4.69, 9.17) is 14.2 Å². The van der Waals surface area contributed by atoms with E-state index in [1.54, 1.807) is 0 Å². The summed E-state index contributed by atoms with van der Waals surface area (Å²) in [4.78, 5) is 33.2. The molecule has 1 aromatic carbocycles. The lowest BCUT2D eigenvalue weighted by Crippen LogP contribution is -2.11. The zero-order chi connectivity index (χ0) is 16.0. The Balaban J connectivity index is 3.21. The number of esters is 3. The van der Waals surface area contributed by atoms with E-state index in [0.717, 1.165) is 0 Å². The summed E-state index contributed by atoms with van der Waals surface area (Å²) < 4.78 is 15.1. The van der Waals surface area contributed by atoms with Crippen molar-refractivity contribution < 1.29 is 28.6 Å². The molecule has 0 fully saturated rings. The van der Waals surface area contributed by atoms with Gasteiger partial charge in [-0.2, -0.15) is 0 Å². The van der Waals surface area contributed by atoms with Gasteiger partial charge in [0.15, 0.2) is 0 Å². The van der Waals surface area contributed by atoms with Crippen molar-refractivity contribution in [3.63, 3.8) is 0 Å². The Morgan fingerprint density at radius 3 is 2.14 bits per heavy atom. The molecule has 6 nitrogen and oxygen atoms in total. The van der Waals surface area contributed by atoms with Gasteiger partial charge in [0.2, 0.25) is 0 Å². The molecule has 112 valence electrons. The molecule has 0 amide bonds. The van der Waals surface area contributed by atoms with E-state index >= 15 is 0 Å². The third-order valence-electron chi connectivity index (χ3n) is 2.31. The Bertz CT molecular complexity index is 576. The average molecular weight is 292 g/mol. The van der Waals surface area contributed by atoms with E-state index in [2.05, 4.69) is 6.58 Å². The summed E-state index contributed by atoms with van der Waals surface area (Å²) in [5.41, 5.74) is 0.423. The van der Waals surface area contributed by atoms with Crippen LogP contribution in [0.5, 0.6) is 11.5 Å². The Kier molecular flexibility index (Phi) is 5.66. The molecule has 1 atom stereocenters. The second-order valence-electron chi connectivity index (χ2n) is 4.15. The van der Waals surface area contributed by atoms with Gasteiger partial charge < -0.3 is 14.2 Å². The van der Waals surface area contributed by atoms with Gasteiger partial charge in [-0.3, -0.25) is 14.4 Å². The van der Waals surface area contributed by atoms with Crippen molar-refractivity contribution >= 4 is 17.9 Å². The van der Waals surface area contributed by atoms with Crippen LogP contribution in [-0.4, -0.2) is 17.9 Å². The van der Waals surface area contributed by atoms with Gasteiger partial charge in [0.1, 0.15) is 17.6 Å². The van der Waals surface area contributed by atoms with Crippen molar-refractivity contribution in [1.29, 1.82) is 0 Å². The van der Waals surface area contributed by atoms with Crippen LogP contribution in [-0.2, 0) is 19.1 Å². The maximum Gasteiger partial charge on any atom is 0.308 e. The molecule has 0 aromatic heterocycles. The predicted molar refractivity (Wildman–Crippen MR) is 73.8 cm³/mol. The Morgan fingerprint density at radius 1 is 1.05 bits per heavy atom. The standard InChI is InChI=1S/C15H16O6/c1-5-14(20-10(3)17)13-7-6-12(19-9(2)16)8-15(13)21-11(4)18/h5-8,14H,1H2,2-4H3/t14-/m1/s1. The third kappa shape index (κ3) is 5.10. The highest BCUT2D eigenvalue weighted by atomic mass is 16.6. The monoisotopic (exact) mass is 292 g/mol. The maximum atomic E-state index is 11.2. The van der Waals surface area contributed by atoms with Crippen LogP contribution >= 0.6 is 0 Å². The molecule has 0 aliphatic carbocycles. The van der Waals surface area contributed by atoms with E-state index in [0.29, 0.717) is 5.56 Å². The van der Waals surface area contributed by atoms with Gasteiger partial charge in [0.05, 0.1) is 0 Å². The molecule has 1 aromatic rings. The van der Waals surface area contributed by atoms with Crippen LogP contribution in [0.2, 0.25) is 0 Å². The SMILES string of the molecule is C=C[C@@H](OC(C)=O)c1ccc(OC(C)=O)cc1OC(C)=O. The first-order valence-electron chi connectivity index (χ1n) is 6.14. The molecule has 0 spiro atoms. The highest BCUT2D eigenvalue weighted by molar-refractivity contribution is 5.72. The van der Waals surface area contributed by atoms with Crippen LogP contribution in [0.15, 0.2) is 30.9 Å². The van der Waals surface area contributed by atoms with Crippen LogP contribution in [0.3, 0.4) is 0 Å². The molecule has 0 bridgehead atoms. The minimum atomic E-state index is -0.775. The molecule has 21 heavy (non-hydrogen) atoms. The lowest BCUT2D eigenvalue weighted by atomic mass is 10.1. The fourth-order valence-corrected chi connectivity index (χ4v) is 1.64. The number of ether oxygens (including phenoxy) is 3. The summed E-state index contributed by atoms with van der Waals surface area (Å²) >= 11 is 0. The molecule has 6 heteroatoms. The first-order chi connectivity index (χ1) is 9.83. The van der Waals surface area contributed by atoms with E-state index in [1.807, 2.05) is 0 Å². The van der Waals surface area contributed by atoms with E-state index in [-0.39, 0.29) is 11.5 Å². The molecular formula is C15H16O6. The fraction of sp³-hybridized carbons (Fsp3) is 0.267. The second-order valence-corrected chi connectivity index (χ2v) is 4.15. The Hall–Kier alpha value is -2.63. The van der Waals surface area contributed by atoms with E-state index < -0.39 is 24.0 Å². The normalized spacial score (nSPS) is 11.2. The molecular weight excluding hydrogens is 276 g/mol. The Morgan fingerprint density at radius 2 is 1.67 bits per heavy atom. The quantitative estimate of drug-likeness (QED) is 0.471. The maximum absolute atomic E-state index is 11.2. The van der Waals surface area contributed by atoms with Crippen molar-refractivity contribution in [2.45, 2.75) is 26.9 Å². The van der Waals surface area contributed by atoms with Crippen LogP contribution in [0, 0.1) is 0 Å². The van der Waals surface area contributed by atoms with Crippen molar-refractivity contribution in [1.82, 2.24) is 0 Å². The van der Waals surface area contributed by atoms with Crippen molar-refractivity contribution in [3.8, 4) is 11.5 Å². The van der Waals surface area contributed by atoms with Gasteiger partial charge in [0.25, 0.3) is 0 Å². The fourth-order valence-electron chi connectivity index (χ4n) is 1.64. The molecule has 0 saturated heterocycles. The van der Waals surface area contributed by atoms with Gasteiger partial charge >= 0.3 is 17.9 Å². The number of benzene rings is 1. The molecule has 0 heterocycles. The lowest BCUT2D eigenvalue weighted by molar-refractivity contribution is -0.144. The summed E-state index contributed by atoms with van der Waals surface area (Å²) in [5, 5.41) is 0. The first-order valence-corrected chi connectivity index (χ1v) is 6.14. The molecule has 0 aliphatic rings. The molecule has 0 N–H and O–H groups in total. The molecule has 1 rings (SSSR count). The number of carbonyl (C=O) groups is 3. The summed E-state index contributed by atoms with van der Waals surface area (Å²) in [6, 6.07) is 4.41. The third-order valence-corrected chi connectivity index (χ3v) is 2.31. The highest BCUT2D eigenvalue weighted by Crippen LogP contribution is 2.32. The van der Waals surface area contributed by atoms with Gasteiger partial charge in [0, 0.05) is 32.4 Å². The lowest BCUT2D eigenvalue weighted by Gasteiger charge is -2.17. The number of hydrogen-bond donors (Lipinski definition) is 0. The van der Waals surface area contributed by atoms with Gasteiger partial charge in [-0.25, -0.2) is 0 Å². The van der Waals surface area contributed by atoms with Crippen molar-refractivity contribution in [3.05, 3.63) is 36.4 Å². The highest BCUT2D eigenvalue weighted by Gasteiger charge is 2.18. The zero-order valence-corrected chi connectivity index (χ0v) is 12.0. The number of rotatable bonds is 5. The van der Waals surface area contributed by atoms with Crippen LogP contribution in [0.4, 0.5) is 0 Å². The smallest absolute Gasteiger partial charge is 0.308 e.